The second-order valence-corrected chi connectivity index (χ2v) is 7.77. The Balaban J connectivity index is 1.45. The van der Waals surface area contributed by atoms with Crippen molar-refractivity contribution in [2.45, 2.75) is 51.0 Å². The van der Waals surface area contributed by atoms with Gasteiger partial charge < -0.3 is 0 Å². The Morgan fingerprint density at radius 3 is 2.71 bits per heavy atom. The standard InChI is InChI=1S/C25H20N2O4/c1-2-16-13-18(26-15-16)9-5-3-4-7-17-8-6-10-20-23(17)25(31)27(24(20)30)21-12-11-19(28)14-22(21)29/h1,6,8,10,15,21H,3,5,9,11-14H2. The maximum atomic E-state index is 13.0. The van der Waals surface area contributed by atoms with Crippen LogP contribution in [0.25, 0.3) is 0 Å². The minimum absolute atomic E-state index is 0.153. The third kappa shape index (κ3) is 3.98. The van der Waals surface area contributed by atoms with Crippen molar-refractivity contribution in [3.63, 3.8) is 0 Å². The molecule has 1 aromatic carbocycles. The summed E-state index contributed by atoms with van der Waals surface area (Å²) in [5, 5.41) is 0. The van der Waals surface area contributed by atoms with Crippen LogP contribution in [0.1, 0.15) is 71.2 Å². The molecule has 0 spiro atoms. The van der Waals surface area contributed by atoms with E-state index >= 15 is 0 Å². The molecular weight excluding hydrogens is 392 g/mol. The van der Waals surface area contributed by atoms with Crippen molar-refractivity contribution in [3.8, 4) is 24.2 Å². The van der Waals surface area contributed by atoms with Crippen LogP contribution in [0.4, 0.5) is 0 Å². The number of aliphatic imine (C=N–C) groups is 1. The molecule has 0 saturated heterocycles. The first-order valence-electron chi connectivity index (χ1n) is 10.2. The number of nitrogens with zero attached hydrogens (tertiary/aromatic N) is 2. The number of terminal acetylenes is 1. The van der Waals surface area contributed by atoms with Gasteiger partial charge in [0.25, 0.3) is 11.8 Å². The van der Waals surface area contributed by atoms with E-state index in [1.165, 1.54) is 0 Å². The Kier molecular flexibility index (Phi) is 5.64. The van der Waals surface area contributed by atoms with Gasteiger partial charge >= 0.3 is 0 Å². The maximum Gasteiger partial charge on any atom is 0.263 e. The highest BCUT2D eigenvalue weighted by Crippen LogP contribution is 2.30. The average Bonchev–Trinajstić information content (AvgIpc) is 3.32. The lowest BCUT2D eigenvalue weighted by molar-refractivity contribution is -0.132. The molecule has 31 heavy (non-hydrogen) atoms. The van der Waals surface area contributed by atoms with Gasteiger partial charge in [-0.3, -0.25) is 29.1 Å². The van der Waals surface area contributed by atoms with Gasteiger partial charge in [0.2, 0.25) is 0 Å². The second kappa shape index (κ2) is 8.53. The molecule has 4 rings (SSSR count). The molecule has 1 unspecified atom stereocenters. The Hall–Kier alpha value is -3.77. The molecule has 1 aliphatic carbocycles. The van der Waals surface area contributed by atoms with E-state index in [4.69, 9.17) is 6.42 Å². The van der Waals surface area contributed by atoms with Crippen LogP contribution in [-0.4, -0.2) is 40.0 Å². The van der Waals surface area contributed by atoms with E-state index in [1.54, 1.807) is 24.4 Å². The molecular formula is C25H20N2O4. The predicted molar refractivity (Wildman–Crippen MR) is 114 cm³/mol. The molecule has 3 aliphatic rings. The number of hydrogen-bond donors (Lipinski definition) is 0. The summed E-state index contributed by atoms with van der Waals surface area (Å²) in [5.41, 5.74) is 2.91. The third-order valence-electron chi connectivity index (χ3n) is 5.67. The lowest BCUT2D eigenvalue weighted by Crippen LogP contribution is -2.47. The largest absolute Gasteiger partial charge is 0.299 e. The molecule has 1 atom stereocenters. The van der Waals surface area contributed by atoms with Gasteiger partial charge in [0, 0.05) is 42.3 Å². The highest BCUT2D eigenvalue weighted by Gasteiger charge is 2.45. The highest BCUT2D eigenvalue weighted by molar-refractivity contribution is 6.24. The number of fused-ring (bicyclic) bond motifs is 1. The van der Waals surface area contributed by atoms with Crippen LogP contribution in [0, 0.1) is 24.2 Å². The summed E-state index contributed by atoms with van der Waals surface area (Å²) in [6.45, 7) is 0. The molecule has 0 radical (unpaired) electrons. The molecule has 6 nitrogen and oxygen atoms in total. The van der Waals surface area contributed by atoms with Crippen molar-refractivity contribution in [2.75, 3.05) is 0 Å². The smallest absolute Gasteiger partial charge is 0.263 e. The minimum atomic E-state index is -0.875. The van der Waals surface area contributed by atoms with Crippen molar-refractivity contribution in [1.82, 2.24) is 4.90 Å². The average molecular weight is 412 g/mol. The summed E-state index contributed by atoms with van der Waals surface area (Å²) in [7, 11) is 0. The summed E-state index contributed by atoms with van der Waals surface area (Å²) in [6.07, 6.45) is 10.2. The zero-order valence-electron chi connectivity index (χ0n) is 16.9. The number of unbranched alkanes of at least 4 members (excludes halogenated alkanes) is 1. The van der Waals surface area contributed by atoms with Gasteiger partial charge in [-0.05, 0) is 31.4 Å². The number of hydrogen-bond acceptors (Lipinski definition) is 5. The third-order valence-corrected chi connectivity index (χ3v) is 5.67. The van der Waals surface area contributed by atoms with Crippen LogP contribution in [0.3, 0.4) is 0 Å². The van der Waals surface area contributed by atoms with Gasteiger partial charge in [-0.25, -0.2) is 0 Å². The molecule has 0 bridgehead atoms. The number of ketones is 2. The lowest BCUT2D eigenvalue weighted by atomic mass is 9.92. The van der Waals surface area contributed by atoms with Gasteiger partial charge in [-0.1, -0.05) is 23.8 Å². The Morgan fingerprint density at radius 2 is 1.97 bits per heavy atom. The van der Waals surface area contributed by atoms with Crippen molar-refractivity contribution >= 4 is 29.1 Å². The van der Waals surface area contributed by atoms with E-state index in [-0.39, 0.29) is 42.0 Å². The van der Waals surface area contributed by atoms with Gasteiger partial charge in [0.15, 0.2) is 5.78 Å². The van der Waals surface area contributed by atoms with Crippen LogP contribution < -0.4 is 0 Å². The number of rotatable bonds is 4. The first-order chi connectivity index (χ1) is 15.0. The monoisotopic (exact) mass is 412 g/mol. The molecule has 0 N–H and O–H groups in total. The number of benzene rings is 1. The molecule has 2 amide bonds. The first kappa shape index (κ1) is 20.5. The van der Waals surface area contributed by atoms with Crippen molar-refractivity contribution in [2.24, 2.45) is 4.99 Å². The summed E-state index contributed by atoms with van der Waals surface area (Å²) >= 11 is 0. The number of carbonyl (C=O) groups excluding carboxylic acids is 4. The SMILES string of the molecule is C#CC1=CN=C(CCCC#Cc2cccc3c2C(=O)N(C2CCC(=O)CC2=O)C3=O)C1. The molecule has 1 saturated carbocycles. The normalized spacial score (nSPS) is 20.1. The number of allylic oxidation sites excluding steroid dienone is 1. The van der Waals surface area contributed by atoms with Gasteiger partial charge in [-0.2, -0.15) is 0 Å². The number of Topliss-reactive ketones (excluding diaryl/α,β-unsaturated/α-hetero) is 2. The van der Waals surface area contributed by atoms with Crippen LogP contribution in [0.15, 0.2) is 35.0 Å². The summed E-state index contributed by atoms with van der Waals surface area (Å²) in [4.78, 5) is 55.0. The fourth-order valence-corrected chi connectivity index (χ4v) is 4.08. The summed E-state index contributed by atoms with van der Waals surface area (Å²) in [5.74, 6) is 7.14. The molecule has 6 heteroatoms. The second-order valence-electron chi connectivity index (χ2n) is 7.77. The Morgan fingerprint density at radius 1 is 1.13 bits per heavy atom. The molecule has 1 aromatic rings. The predicted octanol–water partition coefficient (Wildman–Crippen LogP) is 2.86. The van der Waals surface area contributed by atoms with Crippen molar-refractivity contribution < 1.29 is 19.2 Å². The molecule has 2 aliphatic heterocycles. The Bertz CT molecular complexity index is 1170. The maximum absolute atomic E-state index is 13.0. The number of carbonyl (C=O) groups is 4. The van der Waals surface area contributed by atoms with Crippen LogP contribution >= 0.6 is 0 Å². The Labute approximate surface area is 180 Å². The fraction of sp³-hybridized carbons (Fsp3) is 0.320. The van der Waals surface area contributed by atoms with E-state index in [0.29, 0.717) is 18.4 Å². The van der Waals surface area contributed by atoms with E-state index < -0.39 is 17.9 Å². The number of amides is 2. The molecule has 1 fully saturated rings. The first-order valence-corrected chi connectivity index (χ1v) is 10.2. The van der Waals surface area contributed by atoms with Crippen LogP contribution in [-0.2, 0) is 9.59 Å². The van der Waals surface area contributed by atoms with E-state index in [1.807, 2.05) is 0 Å². The molecule has 0 aromatic heterocycles. The van der Waals surface area contributed by atoms with Crippen molar-refractivity contribution in [1.29, 1.82) is 0 Å². The summed E-state index contributed by atoms with van der Waals surface area (Å²) < 4.78 is 0. The van der Waals surface area contributed by atoms with E-state index in [2.05, 4.69) is 22.8 Å². The van der Waals surface area contributed by atoms with Crippen LogP contribution in [0.5, 0.6) is 0 Å². The lowest BCUT2D eigenvalue weighted by Gasteiger charge is -2.27. The topological polar surface area (TPSA) is 83.9 Å². The zero-order valence-corrected chi connectivity index (χ0v) is 16.9. The highest BCUT2D eigenvalue weighted by atomic mass is 16.2. The van der Waals surface area contributed by atoms with Gasteiger partial charge in [-0.15, -0.1) is 6.42 Å². The number of imide groups is 1. The minimum Gasteiger partial charge on any atom is -0.299 e. The van der Waals surface area contributed by atoms with Gasteiger partial charge in [0.05, 0.1) is 23.6 Å². The van der Waals surface area contributed by atoms with Gasteiger partial charge in [0.1, 0.15) is 5.78 Å². The summed E-state index contributed by atoms with van der Waals surface area (Å²) in [6, 6.07) is 4.09. The molecule has 154 valence electrons. The van der Waals surface area contributed by atoms with Crippen molar-refractivity contribution in [3.05, 3.63) is 46.7 Å². The zero-order chi connectivity index (χ0) is 22.0. The molecule has 2 heterocycles. The quantitative estimate of drug-likeness (QED) is 0.329. The van der Waals surface area contributed by atoms with E-state index in [0.717, 1.165) is 29.0 Å². The fourth-order valence-electron chi connectivity index (χ4n) is 4.08. The van der Waals surface area contributed by atoms with Crippen LogP contribution in [0.2, 0.25) is 0 Å². The van der Waals surface area contributed by atoms with E-state index in [9.17, 15) is 19.2 Å².